The van der Waals surface area contributed by atoms with Crippen molar-refractivity contribution in [3.8, 4) is 0 Å². The number of aliphatic imine (C=N–C) groups is 1. The molecule has 1 aromatic carbocycles. The number of hydrogen-bond acceptors (Lipinski definition) is 2. The standard InChI is InChI=1S/C16H25N3S.HI/c1-13-7-9-15(10-8-13)20-12-11-18-16(17)19-14-5-3-2-4-6-14;/h7-10,14H,2-6,11-12H2,1H3,(H3,17,18,19);1H. The van der Waals surface area contributed by atoms with E-state index < -0.39 is 0 Å². The molecule has 0 spiro atoms. The second-order valence-corrected chi connectivity index (χ2v) is 6.58. The Kier molecular flexibility index (Phi) is 9.15. The minimum atomic E-state index is 0. The molecule has 0 unspecified atom stereocenters. The summed E-state index contributed by atoms with van der Waals surface area (Å²) in [6, 6.07) is 9.15. The van der Waals surface area contributed by atoms with E-state index in [1.165, 1.54) is 42.6 Å². The molecule has 3 N–H and O–H groups in total. The van der Waals surface area contributed by atoms with Gasteiger partial charge in [0.05, 0.1) is 6.54 Å². The van der Waals surface area contributed by atoms with E-state index in [0.29, 0.717) is 12.0 Å². The number of benzene rings is 1. The second kappa shape index (κ2) is 10.3. The normalized spacial score (nSPS) is 16.3. The summed E-state index contributed by atoms with van der Waals surface area (Å²) >= 11 is 1.83. The van der Waals surface area contributed by atoms with E-state index in [1.807, 2.05) is 11.8 Å². The highest BCUT2D eigenvalue weighted by molar-refractivity contribution is 14.0. The lowest BCUT2D eigenvalue weighted by Crippen LogP contribution is -2.41. The van der Waals surface area contributed by atoms with E-state index in [4.69, 9.17) is 5.73 Å². The molecular weight excluding hydrogens is 393 g/mol. The highest BCUT2D eigenvalue weighted by Gasteiger charge is 2.12. The van der Waals surface area contributed by atoms with Gasteiger partial charge in [0.25, 0.3) is 0 Å². The van der Waals surface area contributed by atoms with Crippen LogP contribution in [0.15, 0.2) is 34.2 Å². The van der Waals surface area contributed by atoms with Gasteiger partial charge in [0.15, 0.2) is 5.96 Å². The largest absolute Gasteiger partial charge is 0.370 e. The lowest BCUT2D eigenvalue weighted by Gasteiger charge is -2.23. The number of rotatable bonds is 5. The fourth-order valence-corrected chi connectivity index (χ4v) is 3.21. The van der Waals surface area contributed by atoms with E-state index in [1.54, 1.807) is 0 Å². The summed E-state index contributed by atoms with van der Waals surface area (Å²) in [5, 5.41) is 3.34. The minimum absolute atomic E-state index is 0. The van der Waals surface area contributed by atoms with Crippen LogP contribution in [0.5, 0.6) is 0 Å². The number of nitrogens with zero attached hydrogens (tertiary/aromatic N) is 1. The number of guanidine groups is 1. The zero-order valence-electron chi connectivity index (χ0n) is 12.7. The molecule has 0 aromatic heterocycles. The van der Waals surface area contributed by atoms with Gasteiger partial charge in [-0.3, -0.25) is 4.99 Å². The van der Waals surface area contributed by atoms with Crippen LogP contribution in [0.2, 0.25) is 0 Å². The minimum Gasteiger partial charge on any atom is -0.370 e. The molecule has 1 fully saturated rings. The van der Waals surface area contributed by atoms with E-state index in [-0.39, 0.29) is 24.0 Å². The van der Waals surface area contributed by atoms with Gasteiger partial charge in [0, 0.05) is 16.7 Å². The molecule has 2 rings (SSSR count). The first-order valence-corrected chi connectivity index (χ1v) is 8.48. The summed E-state index contributed by atoms with van der Waals surface area (Å²) in [6.45, 7) is 2.88. The Balaban J connectivity index is 0.00000220. The first kappa shape index (κ1) is 18.6. The Morgan fingerprint density at radius 3 is 2.57 bits per heavy atom. The monoisotopic (exact) mass is 419 g/mol. The molecule has 1 saturated carbocycles. The van der Waals surface area contributed by atoms with Crippen molar-refractivity contribution in [3.63, 3.8) is 0 Å². The summed E-state index contributed by atoms with van der Waals surface area (Å²) < 4.78 is 0. The lowest BCUT2D eigenvalue weighted by molar-refractivity contribution is 0.412. The van der Waals surface area contributed by atoms with E-state index in [9.17, 15) is 0 Å². The molecule has 0 amide bonds. The van der Waals surface area contributed by atoms with Crippen molar-refractivity contribution >= 4 is 41.7 Å². The highest BCUT2D eigenvalue weighted by atomic mass is 127. The Labute approximate surface area is 149 Å². The molecule has 0 aliphatic heterocycles. The fraction of sp³-hybridized carbons (Fsp3) is 0.562. The lowest BCUT2D eigenvalue weighted by atomic mass is 9.96. The van der Waals surface area contributed by atoms with Crippen LogP contribution in [0.25, 0.3) is 0 Å². The molecule has 3 nitrogen and oxygen atoms in total. The zero-order valence-corrected chi connectivity index (χ0v) is 15.8. The second-order valence-electron chi connectivity index (χ2n) is 5.41. The van der Waals surface area contributed by atoms with Gasteiger partial charge in [0.2, 0.25) is 0 Å². The Bertz CT molecular complexity index is 428. The van der Waals surface area contributed by atoms with E-state index in [0.717, 1.165) is 12.3 Å². The maximum atomic E-state index is 5.93. The van der Waals surface area contributed by atoms with Crippen LogP contribution < -0.4 is 11.1 Å². The number of nitrogens with two attached hydrogens (primary N) is 1. The van der Waals surface area contributed by atoms with Crippen molar-refractivity contribution in [2.75, 3.05) is 12.3 Å². The third kappa shape index (κ3) is 7.40. The predicted octanol–water partition coefficient (Wildman–Crippen LogP) is 3.94. The predicted molar refractivity (Wildman–Crippen MR) is 104 cm³/mol. The molecular formula is C16H26IN3S. The molecule has 5 heteroatoms. The van der Waals surface area contributed by atoms with Crippen LogP contribution >= 0.6 is 35.7 Å². The van der Waals surface area contributed by atoms with Gasteiger partial charge in [0.1, 0.15) is 0 Å². The van der Waals surface area contributed by atoms with Crippen molar-refractivity contribution < 1.29 is 0 Å². The molecule has 0 bridgehead atoms. The van der Waals surface area contributed by atoms with Gasteiger partial charge < -0.3 is 11.1 Å². The van der Waals surface area contributed by atoms with Gasteiger partial charge in [-0.1, -0.05) is 37.0 Å². The number of nitrogens with one attached hydrogen (secondary N) is 1. The maximum Gasteiger partial charge on any atom is 0.188 e. The van der Waals surface area contributed by atoms with Gasteiger partial charge in [-0.05, 0) is 31.9 Å². The number of thioether (sulfide) groups is 1. The molecule has 1 aliphatic carbocycles. The summed E-state index contributed by atoms with van der Waals surface area (Å²) in [5.74, 6) is 1.58. The van der Waals surface area contributed by atoms with Gasteiger partial charge in [-0.15, -0.1) is 35.7 Å². The average Bonchev–Trinajstić information content (AvgIpc) is 2.46. The highest BCUT2D eigenvalue weighted by Crippen LogP contribution is 2.18. The summed E-state index contributed by atoms with van der Waals surface area (Å²) in [5.41, 5.74) is 7.23. The van der Waals surface area contributed by atoms with Gasteiger partial charge in [-0.25, -0.2) is 0 Å². The Morgan fingerprint density at radius 2 is 1.90 bits per heavy atom. The van der Waals surface area contributed by atoms with Gasteiger partial charge in [-0.2, -0.15) is 0 Å². The van der Waals surface area contributed by atoms with Crippen LogP contribution in [0.4, 0.5) is 0 Å². The average molecular weight is 419 g/mol. The van der Waals surface area contributed by atoms with Crippen LogP contribution in [0.1, 0.15) is 37.7 Å². The summed E-state index contributed by atoms with van der Waals surface area (Å²) in [7, 11) is 0. The van der Waals surface area contributed by atoms with E-state index >= 15 is 0 Å². The topological polar surface area (TPSA) is 50.4 Å². The first-order valence-electron chi connectivity index (χ1n) is 7.50. The van der Waals surface area contributed by atoms with Crippen molar-refractivity contribution in [2.24, 2.45) is 10.7 Å². The zero-order chi connectivity index (χ0) is 14.2. The van der Waals surface area contributed by atoms with Gasteiger partial charge >= 0.3 is 0 Å². The molecule has 1 aliphatic rings. The van der Waals surface area contributed by atoms with Crippen LogP contribution in [-0.4, -0.2) is 24.3 Å². The Morgan fingerprint density at radius 1 is 1.24 bits per heavy atom. The van der Waals surface area contributed by atoms with Crippen LogP contribution in [0, 0.1) is 6.92 Å². The quantitative estimate of drug-likeness (QED) is 0.250. The Hall–Kier alpha value is -0.430. The molecule has 0 saturated heterocycles. The summed E-state index contributed by atoms with van der Waals surface area (Å²) in [6.07, 6.45) is 6.45. The molecule has 0 radical (unpaired) electrons. The van der Waals surface area contributed by atoms with E-state index in [2.05, 4.69) is 41.5 Å². The van der Waals surface area contributed by atoms with Crippen LogP contribution in [0.3, 0.4) is 0 Å². The van der Waals surface area contributed by atoms with Crippen molar-refractivity contribution in [1.82, 2.24) is 5.32 Å². The maximum absolute atomic E-state index is 5.93. The summed E-state index contributed by atoms with van der Waals surface area (Å²) in [4.78, 5) is 5.71. The molecule has 0 heterocycles. The third-order valence-electron chi connectivity index (χ3n) is 3.62. The molecule has 0 atom stereocenters. The van der Waals surface area contributed by atoms with Crippen molar-refractivity contribution in [2.45, 2.75) is 50.0 Å². The van der Waals surface area contributed by atoms with Crippen molar-refractivity contribution in [1.29, 1.82) is 0 Å². The first-order chi connectivity index (χ1) is 9.74. The number of aryl methyl sites for hydroxylation is 1. The SMILES string of the molecule is Cc1ccc(SCCN=C(N)NC2CCCCC2)cc1.I. The molecule has 21 heavy (non-hydrogen) atoms. The van der Waals surface area contributed by atoms with Crippen LogP contribution in [-0.2, 0) is 0 Å². The van der Waals surface area contributed by atoms with Crippen molar-refractivity contribution in [3.05, 3.63) is 29.8 Å². The molecule has 1 aromatic rings. The fourth-order valence-electron chi connectivity index (χ4n) is 2.47. The molecule has 118 valence electrons. The smallest absolute Gasteiger partial charge is 0.188 e. The number of halogens is 1. The third-order valence-corrected chi connectivity index (χ3v) is 4.61. The number of hydrogen-bond donors (Lipinski definition) is 2.